The summed E-state index contributed by atoms with van der Waals surface area (Å²) < 4.78 is 6.06. The summed E-state index contributed by atoms with van der Waals surface area (Å²) in [6.07, 6.45) is 3.82. The molecule has 5 nitrogen and oxygen atoms in total. The first-order valence-electron chi connectivity index (χ1n) is 9.77. The van der Waals surface area contributed by atoms with E-state index in [0.717, 1.165) is 29.7 Å². The van der Waals surface area contributed by atoms with Crippen molar-refractivity contribution >= 4 is 5.96 Å². The molecule has 0 atom stereocenters. The maximum atomic E-state index is 6.06. The van der Waals surface area contributed by atoms with Gasteiger partial charge in [-0.05, 0) is 72.2 Å². The van der Waals surface area contributed by atoms with Gasteiger partial charge in [-0.2, -0.15) is 0 Å². The van der Waals surface area contributed by atoms with E-state index in [1.54, 1.807) is 0 Å². The maximum Gasteiger partial charge on any atom is 0.191 e. The van der Waals surface area contributed by atoms with Crippen molar-refractivity contribution in [3.8, 4) is 5.75 Å². The van der Waals surface area contributed by atoms with Crippen LogP contribution in [0.2, 0.25) is 0 Å². The van der Waals surface area contributed by atoms with Gasteiger partial charge < -0.3 is 20.3 Å². The number of ether oxygens (including phenoxy) is 1. The van der Waals surface area contributed by atoms with Gasteiger partial charge in [-0.1, -0.05) is 18.2 Å². The van der Waals surface area contributed by atoms with Gasteiger partial charge in [0.05, 0.1) is 0 Å². The molecule has 0 saturated carbocycles. The first-order chi connectivity index (χ1) is 12.4. The molecule has 1 fully saturated rings. The summed E-state index contributed by atoms with van der Waals surface area (Å²) in [6, 6.07) is 8.18. The molecule has 1 aromatic rings. The first-order valence-corrected chi connectivity index (χ1v) is 9.77. The number of hydrogen-bond acceptors (Lipinski definition) is 3. The number of hydrogen-bond donors (Lipinski definition) is 2. The average molecular weight is 361 g/mol. The molecule has 0 aromatic heterocycles. The smallest absolute Gasteiger partial charge is 0.191 e. The van der Waals surface area contributed by atoms with E-state index in [0.29, 0.717) is 6.54 Å². The Kier molecular flexibility index (Phi) is 7.76. The molecule has 1 aromatic carbocycles. The molecule has 0 aliphatic carbocycles. The minimum absolute atomic E-state index is 0.204. The van der Waals surface area contributed by atoms with Gasteiger partial charge in [0.1, 0.15) is 11.4 Å². The van der Waals surface area contributed by atoms with Crippen LogP contribution in [0.3, 0.4) is 0 Å². The Morgan fingerprint density at radius 2 is 1.88 bits per heavy atom. The SMILES string of the molecule is CN=C(NCCC1CCN(C)CC1)NCc1ccccc1OC(C)(C)C. The molecule has 0 amide bonds. The van der Waals surface area contributed by atoms with Crippen LogP contribution in [0, 0.1) is 5.92 Å². The maximum absolute atomic E-state index is 6.06. The van der Waals surface area contributed by atoms with Crippen molar-refractivity contribution in [1.29, 1.82) is 0 Å². The van der Waals surface area contributed by atoms with Gasteiger partial charge in [-0.15, -0.1) is 0 Å². The lowest BCUT2D eigenvalue weighted by molar-refractivity contribution is 0.129. The highest BCUT2D eigenvalue weighted by Crippen LogP contribution is 2.23. The molecule has 26 heavy (non-hydrogen) atoms. The summed E-state index contributed by atoms with van der Waals surface area (Å²) in [5.74, 6) is 2.61. The van der Waals surface area contributed by atoms with Crippen molar-refractivity contribution in [2.75, 3.05) is 33.7 Å². The molecule has 0 bridgehead atoms. The van der Waals surface area contributed by atoms with E-state index in [4.69, 9.17) is 4.74 Å². The normalized spacial score (nSPS) is 17.2. The van der Waals surface area contributed by atoms with Crippen molar-refractivity contribution in [2.45, 2.75) is 52.2 Å². The molecule has 1 aliphatic rings. The van der Waals surface area contributed by atoms with Gasteiger partial charge in [-0.25, -0.2) is 0 Å². The number of para-hydroxylation sites is 1. The molecular formula is C21H36N4O. The van der Waals surface area contributed by atoms with Gasteiger partial charge in [0.2, 0.25) is 0 Å². The van der Waals surface area contributed by atoms with Crippen LogP contribution in [0.5, 0.6) is 5.75 Å². The molecule has 1 saturated heterocycles. The summed E-state index contributed by atoms with van der Waals surface area (Å²) in [5, 5.41) is 6.86. The minimum Gasteiger partial charge on any atom is -0.488 e. The predicted molar refractivity (Wildman–Crippen MR) is 110 cm³/mol. The molecular weight excluding hydrogens is 324 g/mol. The third-order valence-electron chi connectivity index (χ3n) is 4.74. The van der Waals surface area contributed by atoms with E-state index >= 15 is 0 Å². The van der Waals surface area contributed by atoms with Crippen LogP contribution in [0.1, 0.15) is 45.6 Å². The molecule has 2 N–H and O–H groups in total. The van der Waals surface area contributed by atoms with Crippen LogP contribution in [-0.4, -0.2) is 50.2 Å². The number of aliphatic imine (C=N–C) groups is 1. The van der Waals surface area contributed by atoms with Gasteiger partial charge in [0.25, 0.3) is 0 Å². The highest BCUT2D eigenvalue weighted by Gasteiger charge is 2.16. The Morgan fingerprint density at radius 3 is 2.54 bits per heavy atom. The standard InChI is InChI=1S/C21H36N4O/c1-21(2,3)26-19-9-7-6-8-18(19)16-24-20(22-4)23-13-10-17-11-14-25(5)15-12-17/h6-9,17H,10-16H2,1-5H3,(H2,22,23,24). The lowest BCUT2D eigenvalue weighted by atomic mass is 9.94. The zero-order valence-corrected chi connectivity index (χ0v) is 17.1. The van der Waals surface area contributed by atoms with Crippen molar-refractivity contribution in [3.05, 3.63) is 29.8 Å². The first kappa shape index (κ1) is 20.6. The van der Waals surface area contributed by atoms with Gasteiger partial charge >= 0.3 is 0 Å². The van der Waals surface area contributed by atoms with Crippen molar-refractivity contribution in [2.24, 2.45) is 10.9 Å². The van der Waals surface area contributed by atoms with E-state index < -0.39 is 0 Å². The zero-order chi connectivity index (χ0) is 19.0. The summed E-state index contributed by atoms with van der Waals surface area (Å²) >= 11 is 0. The predicted octanol–water partition coefficient (Wildman–Crippen LogP) is 3.26. The number of rotatable bonds is 6. The van der Waals surface area contributed by atoms with E-state index in [1.165, 1.54) is 32.4 Å². The second-order valence-corrected chi connectivity index (χ2v) is 8.21. The summed E-state index contributed by atoms with van der Waals surface area (Å²) in [6.45, 7) is 10.3. The fourth-order valence-electron chi connectivity index (χ4n) is 3.22. The fraction of sp³-hybridized carbons (Fsp3) is 0.667. The van der Waals surface area contributed by atoms with Crippen molar-refractivity contribution in [1.82, 2.24) is 15.5 Å². The summed E-state index contributed by atoms with van der Waals surface area (Å²) in [7, 11) is 4.03. The second-order valence-electron chi connectivity index (χ2n) is 8.21. The molecule has 1 aliphatic heterocycles. The van der Waals surface area contributed by atoms with Crippen molar-refractivity contribution in [3.63, 3.8) is 0 Å². The molecule has 1 heterocycles. The van der Waals surface area contributed by atoms with E-state index in [2.05, 4.69) is 54.4 Å². The van der Waals surface area contributed by atoms with Gasteiger partial charge in [0.15, 0.2) is 5.96 Å². The lowest BCUT2D eigenvalue weighted by Crippen LogP contribution is -2.39. The Hall–Kier alpha value is -1.75. The Balaban J connectivity index is 1.78. The third kappa shape index (κ3) is 7.24. The molecule has 0 spiro atoms. The average Bonchev–Trinajstić information content (AvgIpc) is 2.59. The fourth-order valence-corrected chi connectivity index (χ4v) is 3.22. The van der Waals surface area contributed by atoms with E-state index in [-0.39, 0.29) is 5.60 Å². The molecule has 146 valence electrons. The number of guanidine groups is 1. The van der Waals surface area contributed by atoms with Crippen LogP contribution in [0.4, 0.5) is 0 Å². The van der Waals surface area contributed by atoms with Crippen LogP contribution in [-0.2, 0) is 6.54 Å². The molecule has 5 heteroatoms. The van der Waals surface area contributed by atoms with Crippen LogP contribution in [0.15, 0.2) is 29.3 Å². The highest BCUT2D eigenvalue weighted by atomic mass is 16.5. The molecule has 0 radical (unpaired) electrons. The minimum atomic E-state index is -0.204. The second kappa shape index (κ2) is 9.81. The number of nitrogens with zero attached hydrogens (tertiary/aromatic N) is 2. The topological polar surface area (TPSA) is 48.9 Å². The Bertz CT molecular complexity index is 572. The number of likely N-dealkylation sites (tertiary alicyclic amines) is 1. The van der Waals surface area contributed by atoms with Gasteiger partial charge in [0, 0.05) is 25.7 Å². The summed E-state index contributed by atoms with van der Waals surface area (Å²) in [5.41, 5.74) is 0.935. The van der Waals surface area contributed by atoms with Crippen LogP contribution < -0.4 is 15.4 Å². The number of benzene rings is 1. The highest BCUT2D eigenvalue weighted by molar-refractivity contribution is 5.79. The summed E-state index contributed by atoms with van der Waals surface area (Å²) in [4.78, 5) is 6.77. The molecule has 2 rings (SSSR count). The Morgan fingerprint density at radius 1 is 1.19 bits per heavy atom. The quantitative estimate of drug-likeness (QED) is 0.604. The van der Waals surface area contributed by atoms with E-state index in [9.17, 15) is 0 Å². The zero-order valence-electron chi connectivity index (χ0n) is 17.1. The monoisotopic (exact) mass is 360 g/mol. The Labute approximate surface area is 159 Å². The lowest BCUT2D eigenvalue weighted by Gasteiger charge is -2.29. The van der Waals surface area contributed by atoms with Gasteiger partial charge in [-0.3, -0.25) is 4.99 Å². The van der Waals surface area contributed by atoms with E-state index in [1.807, 2.05) is 25.2 Å². The molecule has 0 unspecified atom stereocenters. The van der Waals surface area contributed by atoms with Crippen LogP contribution >= 0.6 is 0 Å². The largest absolute Gasteiger partial charge is 0.488 e. The van der Waals surface area contributed by atoms with Crippen molar-refractivity contribution < 1.29 is 4.74 Å². The van der Waals surface area contributed by atoms with Crippen LogP contribution in [0.25, 0.3) is 0 Å². The third-order valence-corrected chi connectivity index (χ3v) is 4.74. The number of piperidine rings is 1. The number of nitrogens with one attached hydrogen (secondary N) is 2.